The number of nitrogens with one attached hydrogen (secondary N) is 1. The molecule has 1 aromatic rings. The molecule has 0 spiro atoms. The van der Waals surface area contributed by atoms with Crippen molar-refractivity contribution in [2.75, 3.05) is 0 Å². The summed E-state index contributed by atoms with van der Waals surface area (Å²) in [6.07, 6.45) is 3.46. The first-order valence-corrected chi connectivity index (χ1v) is 6.34. The highest BCUT2D eigenvalue weighted by atomic mass is 32.1. The number of aryl methyl sites for hydroxylation is 1. The molecule has 0 aromatic carbocycles. The van der Waals surface area contributed by atoms with E-state index in [1.165, 1.54) is 11.3 Å². The van der Waals surface area contributed by atoms with Crippen molar-refractivity contribution in [2.45, 2.75) is 32.2 Å². The van der Waals surface area contributed by atoms with Crippen LogP contribution in [0.1, 0.15) is 33.9 Å². The molecule has 5 nitrogen and oxygen atoms in total. The molecule has 1 aromatic heterocycles. The SMILES string of the molecule is Cc1ncc(C(=O)N[C@H]2CC[C@@H](C(=O)O)C2)s1. The van der Waals surface area contributed by atoms with Crippen LogP contribution in [0, 0.1) is 12.8 Å². The topological polar surface area (TPSA) is 79.3 Å². The zero-order chi connectivity index (χ0) is 12.4. The van der Waals surface area contributed by atoms with Crippen LogP contribution in [0.15, 0.2) is 6.20 Å². The molecule has 1 fully saturated rings. The van der Waals surface area contributed by atoms with Gasteiger partial charge in [0.05, 0.1) is 17.1 Å². The standard InChI is InChI=1S/C11H14N2O3S/c1-6-12-5-9(17-6)10(14)13-8-3-2-7(4-8)11(15)16/h5,7-8H,2-4H2,1H3,(H,13,14)(H,15,16)/t7-,8+/m1/s1. The molecule has 0 bridgehead atoms. The van der Waals surface area contributed by atoms with E-state index in [-0.39, 0.29) is 17.9 Å². The molecular weight excluding hydrogens is 240 g/mol. The number of thiazole rings is 1. The minimum atomic E-state index is -0.768. The Bertz CT molecular complexity index is 444. The number of aromatic nitrogens is 1. The minimum Gasteiger partial charge on any atom is -0.481 e. The molecule has 2 rings (SSSR count). The van der Waals surface area contributed by atoms with Crippen LogP contribution >= 0.6 is 11.3 Å². The van der Waals surface area contributed by atoms with E-state index in [0.717, 1.165) is 11.4 Å². The van der Waals surface area contributed by atoms with Crippen molar-refractivity contribution in [3.8, 4) is 0 Å². The summed E-state index contributed by atoms with van der Waals surface area (Å²) in [5, 5.41) is 12.6. The summed E-state index contributed by atoms with van der Waals surface area (Å²) in [6, 6.07) is -0.0222. The molecule has 0 unspecified atom stereocenters. The lowest BCUT2D eigenvalue weighted by Gasteiger charge is -2.10. The molecule has 2 atom stereocenters. The summed E-state index contributed by atoms with van der Waals surface area (Å²) in [7, 11) is 0. The molecule has 2 N–H and O–H groups in total. The Morgan fingerprint density at radius 2 is 2.29 bits per heavy atom. The van der Waals surface area contributed by atoms with Crippen LogP contribution in [0.2, 0.25) is 0 Å². The lowest BCUT2D eigenvalue weighted by Crippen LogP contribution is -2.32. The number of carbonyl (C=O) groups is 2. The van der Waals surface area contributed by atoms with Crippen LogP contribution in [0.25, 0.3) is 0 Å². The molecule has 1 saturated carbocycles. The smallest absolute Gasteiger partial charge is 0.306 e. The average Bonchev–Trinajstić information content (AvgIpc) is 2.86. The van der Waals surface area contributed by atoms with Gasteiger partial charge in [0.2, 0.25) is 0 Å². The molecule has 0 aliphatic heterocycles. The predicted octanol–water partition coefficient (Wildman–Crippen LogP) is 1.43. The normalized spacial score (nSPS) is 23.6. The Morgan fingerprint density at radius 1 is 1.53 bits per heavy atom. The number of rotatable bonds is 3. The van der Waals surface area contributed by atoms with Gasteiger partial charge < -0.3 is 10.4 Å². The zero-order valence-corrected chi connectivity index (χ0v) is 10.3. The van der Waals surface area contributed by atoms with Crippen LogP contribution in [0.3, 0.4) is 0 Å². The predicted molar refractivity (Wildman–Crippen MR) is 63.1 cm³/mol. The zero-order valence-electron chi connectivity index (χ0n) is 9.47. The third kappa shape index (κ3) is 2.82. The number of nitrogens with zero attached hydrogens (tertiary/aromatic N) is 1. The van der Waals surface area contributed by atoms with Crippen LogP contribution in [-0.4, -0.2) is 28.0 Å². The summed E-state index contributed by atoms with van der Waals surface area (Å²) < 4.78 is 0. The van der Waals surface area contributed by atoms with Gasteiger partial charge >= 0.3 is 5.97 Å². The van der Waals surface area contributed by atoms with Crippen molar-refractivity contribution >= 4 is 23.2 Å². The number of carboxylic acid groups (broad SMARTS) is 1. The molecule has 6 heteroatoms. The maximum Gasteiger partial charge on any atom is 0.306 e. The first-order valence-electron chi connectivity index (χ1n) is 5.52. The average molecular weight is 254 g/mol. The molecule has 0 saturated heterocycles. The molecule has 1 amide bonds. The van der Waals surface area contributed by atoms with Gasteiger partial charge in [-0.3, -0.25) is 9.59 Å². The van der Waals surface area contributed by atoms with Crippen LogP contribution in [0.4, 0.5) is 0 Å². The van der Waals surface area contributed by atoms with Gasteiger partial charge in [0.15, 0.2) is 0 Å². The summed E-state index contributed by atoms with van der Waals surface area (Å²) in [6.45, 7) is 1.84. The van der Waals surface area contributed by atoms with Crippen LogP contribution in [-0.2, 0) is 4.79 Å². The second-order valence-electron chi connectivity index (χ2n) is 4.26. The quantitative estimate of drug-likeness (QED) is 0.855. The number of amides is 1. The van der Waals surface area contributed by atoms with Gasteiger partial charge in [0.25, 0.3) is 5.91 Å². The Kier molecular flexibility index (Phi) is 3.42. The van der Waals surface area contributed by atoms with Crippen molar-refractivity contribution in [1.29, 1.82) is 0 Å². The Hall–Kier alpha value is -1.43. The lowest BCUT2D eigenvalue weighted by atomic mass is 10.1. The molecule has 0 radical (unpaired) electrons. The van der Waals surface area contributed by atoms with Gasteiger partial charge in [-0.25, -0.2) is 4.98 Å². The van der Waals surface area contributed by atoms with E-state index in [2.05, 4.69) is 10.3 Å². The van der Waals surface area contributed by atoms with E-state index in [0.29, 0.717) is 17.7 Å². The Balaban J connectivity index is 1.90. The summed E-state index contributed by atoms with van der Waals surface area (Å²) >= 11 is 1.35. The second-order valence-corrected chi connectivity index (χ2v) is 5.50. The van der Waals surface area contributed by atoms with E-state index in [1.54, 1.807) is 6.20 Å². The third-order valence-corrected chi connectivity index (χ3v) is 3.87. The molecule has 17 heavy (non-hydrogen) atoms. The van der Waals surface area contributed by atoms with Gasteiger partial charge in [-0.1, -0.05) is 0 Å². The van der Waals surface area contributed by atoms with Gasteiger partial charge in [-0.05, 0) is 26.2 Å². The molecule has 1 aliphatic carbocycles. The minimum absolute atomic E-state index is 0.0222. The lowest BCUT2D eigenvalue weighted by molar-refractivity contribution is -0.141. The first-order chi connectivity index (χ1) is 8.06. The highest BCUT2D eigenvalue weighted by Gasteiger charge is 2.30. The van der Waals surface area contributed by atoms with E-state index in [9.17, 15) is 9.59 Å². The highest BCUT2D eigenvalue weighted by Crippen LogP contribution is 2.26. The fraction of sp³-hybridized carbons (Fsp3) is 0.545. The summed E-state index contributed by atoms with van der Waals surface area (Å²) in [5.74, 6) is -1.23. The number of hydrogen-bond acceptors (Lipinski definition) is 4. The fourth-order valence-electron chi connectivity index (χ4n) is 2.06. The van der Waals surface area contributed by atoms with Crippen LogP contribution < -0.4 is 5.32 Å². The van der Waals surface area contributed by atoms with Crippen molar-refractivity contribution in [3.05, 3.63) is 16.1 Å². The molecular formula is C11H14N2O3S. The van der Waals surface area contributed by atoms with Gasteiger partial charge in [0, 0.05) is 6.04 Å². The number of hydrogen-bond donors (Lipinski definition) is 2. The van der Waals surface area contributed by atoms with Gasteiger partial charge in [-0.2, -0.15) is 0 Å². The Labute approximate surface area is 103 Å². The largest absolute Gasteiger partial charge is 0.481 e. The number of carbonyl (C=O) groups excluding carboxylic acids is 1. The number of carboxylic acids is 1. The van der Waals surface area contributed by atoms with E-state index >= 15 is 0 Å². The monoisotopic (exact) mass is 254 g/mol. The second kappa shape index (κ2) is 4.83. The maximum atomic E-state index is 11.8. The van der Waals surface area contributed by atoms with E-state index in [1.807, 2.05) is 6.92 Å². The summed E-state index contributed by atoms with van der Waals surface area (Å²) in [4.78, 5) is 27.2. The maximum absolute atomic E-state index is 11.8. The van der Waals surface area contributed by atoms with Gasteiger partial charge in [-0.15, -0.1) is 11.3 Å². The third-order valence-electron chi connectivity index (χ3n) is 2.96. The van der Waals surface area contributed by atoms with E-state index in [4.69, 9.17) is 5.11 Å². The highest BCUT2D eigenvalue weighted by molar-refractivity contribution is 7.13. The van der Waals surface area contributed by atoms with Crippen molar-refractivity contribution in [2.24, 2.45) is 5.92 Å². The van der Waals surface area contributed by atoms with Crippen molar-refractivity contribution in [1.82, 2.24) is 10.3 Å². The molecule has 1 aliphatic rings. The Morgan fingerprint density at radius 3 is 2.82 bits per heavy atom. The van der Waals surface area contributed by atoms with Crippen LogP contribution in [0.5, 0.6) is 0 Å². The number of aliphatic carboxylic acids is 1. The fourth-order valence-corrected chi connectivity index (χ4v) is 2.74. The van der Waals surface area contributed by atoms with Gasteiger partial charge in [0.1, 0.15) is 4.88 Å². The molecule has 92 valence electrons. The first kappa shape index (κ1) is 12.0. The van der Waals surface area contributed by atoms with Crippen molar-refractivity contribution in [3.63, 3.8) is 0 Å². The van der Waals surface area contributed by atoms with E-state index < -0.39 is 5.97 Å². The molecule has 1 heterocycles. The summed E-state index contributed by atoms with van der Waals surface area (Å²) in [5.41, 5.74) is 0. The van der Waals surface area contributed by atoms with Crippen molar-refractivity contribution < 1.29 is 14.7 Å².